The second kappa shape index (κ2) is 13.0. The van der Waals surface area contributed by atoms with E-state index in [0.717, 1.165) is 0 Å². The van der Waals surface area contributed by atoms with Gasteiger partial charge in [-0.2, -0.15) is 0 Å². The Balaban J connectivity index is 1.93. The van der Waals surface area contributed by atoms with E-state index in [1.165, 1.54) is 0 Å². The van der Waals surface area contributed by atoms with Crippen LogP contribution in [0.15, 0.2) is 60.7 Å². The lowest BCUT2D eigenvalue weighted by Crippen LogP contribution is -2.45. The maximum Gasteiger partial charge on any atom is 0.408 e. The third kappa shape index (κ3) is 10.2. The average molecular weight is 484 g/mol. The molecule has 35 heavy (non-hydrogen) atoms. The van der Waals surface area contributed by atoms with E-state index in [1.807, 2.05) is 0 Å². The number of carbonyl (C=O) groups excluding carboxylic acids is 5. The van der Waals surface area contributed by atoms with Gasteiger partial charge in [0.05, 0.1) is 0 Å². The molecule has 2 aromatic carbocycles. The number of Topliss-reactive ketones (excluding diaryl/α,β-unsaturated/α-hetero) is 2. The molecule has 2 rings (SSSR count). The van der Waals surface area contributed by atoms with Crippen molar-refractivity contribution in [3.05, 3.63) is 71.8 Å². The summed E-state index contributed by atoms with van der Waals surface area (Å²) in [5.41, 5.74) is -0.0570. The van der Waals surface area contributed by atoms with Crippen LogP contribution in [0.4, 0.5) is 4.79 Å². The third-order valence-corrected chi connectivity index (χ3v) is 4.51. The second-order valence-corrected chi connectivity index (χ2v) is 8.58. The van der Waals surface area contributed by atoms with Crippen molar-refractivity contribution in [2.75, 3.05) is 13.2 Å². The lowest BCUT2D eigenvalue weighted by molar-refractivity contribution is -0.146. The number of hydrogen-bond acceptors (Lipinski definition) is 8. The molecule has 2 aromatic rings. The van der Waals surface area contributed by atoms with Crippen LogP contribution in [0.1, 0.15) is 54.3 Å². The average Bonchev–Trinajstić information content (AvgIpc) is 2.83. The first-order chi connectivity index (χ1) is 16.5. The van der Waals surface area contributed by atoms with E-state index in [1.54, 1.807) is 81.4 Å². The second-order valence-electron chi connectivity index (χ2n) is 8.58. The maximum atomic E-state index is 12.6. The fourth-order valence-corrected chi connectivity index (χ4v) is 2.83. The number of ether oxygens (including phenoxy) is 3. The molecule has 1 amide bonds. The van der Waals surface area contributed by atoms with Crippen LogP contribution in [-0.4, -0.2) is 54.5 Å². The Morgan fingerprint density at radius 2 is 1.26 bits per heavy atom. The fourth-order valence-electron chi connectivity index (χ4n) is 2.83. The Bertz CT molecular complexity index is 1030. The molecule has 0 unspecified atom stereocenters. The molecule has 0 heterocycles. The summed E-state index contributed by atoms with van der Waals surface area (Å²) in [6.45, 7) is 3.97. The summed E-state index contributed by atoms with van der Waals surface area (Å²) < 4.78 is 15.2. The topological polar surface area (TPSA) is 125 Å². The molecule has 0 saturated carbocycles. The van der Waals surface area contributed by atoms with Crippen molar-refractivity contribution >= 4 is 29.6 Å². The Morgan fingerprint density at radius 3 is 1.74 bits per heavy atom. The number of ketones is 2. The predicted molar refractivity (Wildman–Crippen MR) is 126 cm³/mol. The van der Waals surface area contributed by atoms with Crippen LogP contribution in [0.25, 0.3) is 0 Å². The Kier molecular flexibility index (Phi) is 10.1. The summed E-state index contributed by atoms with van der Waals surface area (Å²) in [7, 11) is 0. The molecule has 0 fully saturated rings. The highest BCUT2D eigenvalue weighted by molar-refractivity contribution is 5.98. The number of nitrogens with one attached hydrogen (secondary N) is 1. The minimum Gasteiger partial charge on any atom is -0.457 e. The van der Waals surface area contributed by atoms with Gasteiger partial charge in [0.2, 0.25) is 0 Å². The normalized spacial score (nSPS) is 11.6. The van der Waals surface area contributed by atoms with E-state index in [9.17, 15) is 24.0 Å². The minimum atomic E-state index is -1.27. The molecule has 9 heteroatoms. The molecule has 0 aromatic heterocycles. The highest BCUT2D eigenvalue weighted by Gasteiger charge is 2.27. The summed E-state index contributed by atoms with van der Waals surface area (Å²) in [6.07, 6.45) is -1.36. The molecular formula is C26H29NO8. The van der Waals surface area contributed by atoms with Gasteiger partial charge in [-0.15, -0.1) is 0 Å². The summed E-state index contributed by atoms with van der Waals surface area (Å²) in [4.78, 5) is 61.2. The monoisotopic (exact) mass is 483 g/mol. The summed E-state index contributed by atoms with van der Waals surface area (Å²) in [5, 5.41) is 2.36. The zero-order valence-corrected chi connectivity index (χ0v) is 19.9. The van der Waals surface area contributed by atoms with Gasteiger partial charge in [-0.3, -0.25) is 14.4 Å². The number of benzene rings is 2. The van der Waals surface area contributed by atoms with Gasteiger partial charge in [0, 0.05) is 17.5 Å². The number of amides is 1. The van der Waals surface area contributed by atoms with Crippen molar-refractivity contribution in [3.63, 3.8) is 0 Å². The van der Waals surface area contributed by atoms with Crippen molar-refractivity contribution in [2.45, 2.75) is 45.3 Å². The molecule has 1 N–H and O–H groups in total. The Hall–Kier alpha value is -4.01. The lowest BCUT2D eigenvalue weighted by Gasteiger charge is -2.22. The highest BCUT2D eigenvalue weighted by Crippen LogP contribution is 2.10. The number of alkyl carbamates (subject to hydrolysis) is 1. The molecule has 0 bridgehead atoms. The zero-order valence-electron chi connectivity index (χ0n) is 19.9. The molecule has 0 aliphatic carbocycles. The molecule has 0 saturated heterocycles. The highest BCUT2D eigenvalue weighted by atomic mass is 16.6. The van der Waals surface area contributed by atoms with Crippen LogP contribution in [0.5, 0.6) is 0 Å². The third-order valence-electron chi connectivity index (χ3n) is 4.51. The van der Waals surface area contributed by atoms with E-state index in [4.69, 9.17) is 14.2 Å². The van der Waals surface area contributed by atoms with Crippen molar-refractivity contribution in [3.8, 4) is 0 Å². The largest absolute Gasteiger partial charge is 0.457 e. The standard InChI is InChI=1S/C26H29NO8/c1-26(2,3)35-25(32)27-20(24(31)34-17-22(29)19-12-8-5-9-13-19)14-15-23(30)33-16-21(28)18-10-6-4-7-11-18/h4-13,20H,14-17H2,1-3H3,(H,27,32)/t20-/m0/s1. The van der Waals surface area contributed by atoms with Crippen molar-refractivity contribution in [2.24, 2.45) is 0 Å². The van der Waals surface area contributed by atoms with Gasteiger partial charge in [-0.1, -0.05) is 60.7 Å². The Labute approximate surface area is 203 Å². The first-order valence-corrected chi connectivity index (χ1v) is 11.0. The van der Waals surface area contributed by atoms with Crippen LogP contribution in [0.2, 0.25) is 0 Å². The molecule has 0 spiro atoms. The number of rotatable bonds is 11. The van der Waals surface area contributed by atoms with Gasteiger partial charge < -0.3 is 19.5 Å². The van der Waals surface area contributed by atoms with Gasteiger partial charge >= 0.3 is 18.0 Å². The quantitative estimate of drug-likeness (QED) is 0.292. The maximum absolute atomic E-state index is 12.6. The van der Waals surface area contributed by atoms with Gasteiger partial charge in [0.25, 0.3) is 0 Å². The van der Waals surface area contributed by atoms with Crippen LogP contribution in [0, 0.1) is 0 Å². The van der Waals surface area contributed by atoms with E-state index in [0.29, 0.717) is 11.1 Å². The Morgan fingerprint density at radius 1 is 0.771 bits per heavy atom. The minimum absolute atomic E-state index is 0.185. The SMILES string of the molecule is CC(C)(C)OC(=O)N[C@@H](CCC(=O)OCC(=O)c1ccccc1)C(=O)OCC(=O)c1ccccc1. The predicted octanol–water partition coefficient (Wildman–Crippen LogP) is 3.51. The van der Waals surface area contributed by atoms with Gasteiger partial charge in [0.15, 0.2) is 24.8 Å². The molecule has 0 radical (unpaired) electrons. The van der Waals surface area contributed by atoms with Crippen LogP contribution in [-0.2, 0) is 23.8 Å². The molecule has 1 atom stereocenters. The van der Waals surface area contributed by atoms with E-state index < -0.39 is 48.7 Å². The van der Waals surface area contributed by atoms with Crippen molar-refractivity contribution in [1.29, 1.82) is 0 Å². The van der Waals surface area contributed by atoms with E-state index >= 15 is 0 Å². The lowest BCUT2D eigenvalue weighted by atomic mass is 10.1. The van der Waals surface area contributed by atoms with Gasteiger partial charge in [0.1, 0.15) is 11.6 Å². The van der Waals surface area contributed by atoms with E-state index in [-0.39, 0.29) is 18.6 Å². The van der Waals surface area contributed by atoms with Crippen LogP contribution >= 0.6 is 0 Å². The van der Waals surface area contributed by atoms with Crippen molar-refractivity contribution < 1.29 is 38.2 Å². The van der Waals surface area contributed by atoms with Crippen molar-refractivity contribution in [1.82, 2.24) is 5.32 Å². The van der Waals surface area contributed by atoms with Crippen LogP contribution in [0.3, 0.4) is 0 Å². The zero-order chi connectivity index (χ0) is 25.8. The van der Waals surface area contributed by atoms with Gasteiger partial charge in [-0.05, 0) is 27.2 Å². The number of esters is 2. The van der Waals surface area contributed by atoms with Gasteiger partial charge in [-0.25, -0.2) is 9.59 Å². The summed E-state index contributed by atoms with van der Waals surface area (Å²) in [5.74, 6) is -2.44. The molecule has 186 valence electrons. The number of carbonyl (C=O) groups is 5. The smallest absolute Gasteiger partial charge is 0.408 e. The molecule has 0 aliphatic rings. The first kappa shape index (κ1) is 27.2. The summed E-state index contributed by atoms with van der Waals surface area (Å²) >= 11 is 0. The first-order valence-electron chi connectivity index (χ1n) is 11.0. The molecule has 0 aliphatic heterocycles. The molecule has 9 nitrogen and oxygen atoms in total. The fraction of sp³-hybridized carbons (Fsp3) is 0.346. The van der Waals surface area contributed by atoms with Crippen LogP contribution < -0.4 is 5.32 Å². The number of hydrogen-bond donors (Lipinski definition) is 1. The van der Waals surface area contributed by atoms with E-state index in [2.05, 4.69) is 5.32 Å². The summed E-state index contributed by atoms with van der Waals surface area (Å²) in [6, 6.07) is 15.3. The molecular weight excluding hydrogens is 454 g/mol.